The van der Waals surface area contributed by atoms with Crippen molar-refractivity contribution in [2.24, 2.45) is 0 Å². The number of methoxy groups -OCH3 is 1. The van der Waals surface area contributed by atoms with Crippen LogP contribution in [-0.2, 0) is 0 Å². The second-order valence-corrected chi connectivity index (χ2v) is 5.77. The quantitative estimate of drug-likeness (QED) is 0.609. The molecule has 21 heavy (non-hydrogen) atoms. The molecule has 2 aromatic heterocycles. The molecule has 4 aromatic rings. The van der Waals surface area contributed by atoms with Gasteiger partial charge in [0.2, 0.25) is 0 Å². The highest BCUT2D eigenvalue weighted by Crippen LogP contribution is 2.31. The van der Waals surface area contributed by atoms with Crippen LogP contribution >= 0.6 is 11.3 Å². The van der Waals surface area contributed by atoms with E-state index >= 15 is 0 Å². The van der Waals surface area contributed by atoms with Crippen molar-refractivity contribution in [3.8, 4) is 22.8 Å². The number of hydrogen-bond acceptors (Lipinski definition) is 4. The summed E-state index contributed by atoms with van der Waals surface area (Å²) < 4.78 is 8.48. The van der Waals surface area contributed by atoms with Crippen molar-refractivity contribution in [3.05, 3.63) is 48.7 Å². The molecule has 0 unspecified atom stereocenters. The molecular weight excluding hydrogens is 284 g/mol. The number of nitrogens with zero attached hydrogens (tertiary/aromatic N) is 2. The topological polar surface area (TPSA) is 46.8 Å². The molecule has 0 radical (unpaired) electrons. The van der Waals surface area contributed by atoms with Crippen LogP contribution in [-0.4, -0.2) is 21.6 Å². The molecule has 4 nitrogen and oxygen atoms in total. The molecule has 4 rings (SSSR count). The summed E-state index contributed by atoms with van der Waals surface area (Å²) in [5.41, 5.74) is 3.01. The molecule has 5 heteroatoms. The maximum absolute atomic E-state index is 9.36. The lowest BCUT2D eigenvalue weighted by Gasteiger charge is -1.98. The Morgan fingerprint density at radius 3 is 2.71 bits per heavy atom. The second-order valence-electron chi connectivity index (χ2n) is 4.76. The lowest BCUT2D eigenvalue weighted by atomic mass is 10.2. The SMILES string of the molecule is COc1ccc2c(c1)sc1nc(-c3ccc(O)cc3)cn12. The van der Waals surface area contributed by atoms with Gasteiger partial charge >= 0.3 is 0 Å². The third-order valence-electron chi connectivity index (χ3n) is 3.46. The molecule has 0 fully saturated rings. The maximum atomic E-state index is 9.36. The minimum Gasteiger partial charge on any atom is -0.508 e. The summed E-state index contributed by atoms with van der Waals surface area (Å²) in [5, 5.41) is 9.36. The number of thiazole rings is 1. The van der Waals surface area contributed by atoms with Crippen molar-refractivity contribution < 1.29 is 9.84 Å². The summed E-state index contributed by atoms with van der Waals surface area (Å²) in [6, 6.07) is 13.1. The van der Waals surface area contributed by atoms with E-state index in [0.29, 0.717) is 0 Å². The number of fused-ring (bicyclic) bond motifs is 3. The number of phenols is 1. The monoisotopic (exact) mass is 296 g/mol. The van der Waals surface area contributed by atoms with Gasteiger partial charge in [-0.1, -0.05) is 11.3 Å². The minimum atomic E-state index is 0.261. The number of rotatable bonds is 2. The summed E-state index contributed by atoms with van der Waals surface area (Å²) in [7, 11) is 1.67. The van der Waals surface area contributed by atoms with Crippen LogP contribution in [0.15, 0.2) is 48.7 Å². The fourth-order valence-electron chi connectivity index (χ4n) is 2.38. The second kappa shape index (κ2) is 4.49. The number of hydrogen-bond donors (Lipinski definition) is 1. The lowest BCUT2D eigenvalue weighted by molar-refractivity contribution is 0.415. The third kappa shape index (κ3) is 1.94. The normalized spacial score (nSPS) is 11.3. The van der Waals surface area contributed by atoms with E-state index in [1.807, 2.05) is 36.5 Å². The zero-order valence-electron chi connectivity index (χ0n) is 11.3. The molecule has 104 valence electrons. The van der Waals surface area contributed by atoms with E-state index < -0.39 is 0 Å². The van der Waals surface area contributed by atoms with Gasteiger partial charge in [0.1, 0.15) is 11.5 Å². The van der Waals surface area contributed by atoms with Gasteiger partial charge in [-0.15, -0.1) is 0 Å². The maximum Gasteiger partial charge on any atom is 0.195 e. The van der Waals surface area contributed by atoms with Gasteiger partial charge in [-0.3, -0.25) is 4.40 Å². The summed E-state index contributed by atoms with van der Waals surface area (Å²) in [4.78, 5) is 5.61. The standard InChI is InChI=1S/C16H12N2O2S/c1-20-12-6-7-14-15(8-12)21-16-17-13(9-18(14)16)10-2-4-11(19)5-3-10/h2-9,19H,1H3. The third-order valence-corrected chi connectivity index (χ3v) is 4.48. The van der Waals surface area contributed by atoms with Crippen molar-refractivity contribution in [3.63, 3.8) is 0 Å². The Bertz CT molecular complexity index is 938. The van der Waals surface area contributed by atoms with E-state index in [9.17, 15) is 5.11 Å². The van der Waals surface area contributed by atoms with Gasteiger partial charge in [-0.25, -0.2) is 4.98 Å². The molecule has 0 aliphatic carbocycles. The lowest BCUT2D eigenvalue weighted by Crippen LogP contribution is -1.82. The minimum absolute atomic E-state index is 0.261. The van der Waals surface area contributed by atoms with Gasteiger partial charge in [0.15, 0.2) is 4.96 Å². The fraction of sp³-hybridized carbons (Fsp3) is 0.0625. The van der Waals surface area contributed by atoms with Crippen LogP contribution in [0.1, 0.15) is 0 Å². The largest absolute Gasteiger partial charge is 0.508 e. The van der Waals surface area contributed by atoms with Gasteiger partial charge in [0.05, 0.1) is 23.0 Å². The number of aromatic hydroxyl groups is 1. The molecule has 2 heterocycles. The van der Waals surface area contributed by atoms with Gasteiger partial charge in [0.25, 0.3) is 0 Å². The molecule has 0 aliphatic rings. The average molecular weight is 296 g/mol. The van der Waals surface area contributed by atoms with Crippen molar-refractivity contribution >= 4 is 26.5 Å². The molecule has 0 bridgehead atoms. The first-order valence-corrected chi connectivity index (χ1v) is 7.31. The highest BCUT2D eigenvalue weighted by molar-refractivity contribution is 7.23. The summed E-state index contributed by atoms with van der Waals surface area (Å²) in [5.74, 6) is 1.11. The van der Waals surface area contributed by atoms with Crippen molar-refractivity contribution in [1.82, 2.24) is 9.38 Å². The summed E-state index contributed by atoms with van der Waals surface area (Å²) in [6.45, 7) is 0. The molecule has 0 amide bonds. The Labute approximate surface area is 124 Å². The van der Waals surface area contributed by atoms with Gasteiger partial charge in [0, 0.05) is 11.8 Å². The van der Waals surface area contributed by atoms with Crippen LogP contribution in [0.25, 0.3) is 26.4 Å². The van der Waals surface area contributed by atoms with Crippen molar-refractivity contribution in [2.45, 2.75) is 0 Å². The molecule has 0 aliphatic heterocycles. The number of aromatic nitrogens is 2. The van der Waals surface area contributed by atoms with Gasteiger partial charge in [-0.2, -0.15) is 0 Å². The molecule has 0 spiro atoms. The van der Waals surface area contributed by atoms with Crippen LogP contribution in [0.4, 0.5) is 0 Å². The van der Waals surface area contributed by atoms with Crippen LogP contribution in [0.3, 0.4) is 0 Å². The van der Waals surface area contributed by atoms with E-state index in [-0.39, 0.29) is 5.75 Å². The fourth-order valence-corrected chi connectivity index (χ4v) is 3.42. The van der Waals surface area contributed by atoms with E-state index in [2.05, 4.69) is 9.38 Å². The van der Waals surface area contributed by atoms with Crippen molar-refractivity contribution in [1.29, 1.82) is 0 Å². The Hall–Kier alpha value is -2.53. The van der Waals surface area contributed by atoms with Crippen LogP contribution < -0.4 is 4.74 Å². The van der Waals surface area contributed by atoms with E-state index in [4.69, 9.17) is 4.74 Å². The summed E-state index contributed by atoms with van der Waals surface area (Å²) >= 11 is 1.63. The van der Waals surface area contributed by atoms with Gasteiger partial charge < -0.3 is 9.84 Å². The smallest absolute Gasteiger partial charge is 0.195 e. The predicted molar refractivity (Wildman–Crippen MR) is 84.2 cm³/mol. The van der Waals surface area contributed by atoms with E-state index in [0.717, 1.165) is 32.2 Å². The zero-order chi connectivity index (χ0) is 14.4. The average Bonchev–Trinajstić information content (AvgIpc) is 3.04. The molecule has 2 aromatic carbocycles. The van der Waals surface area contributed by atoms with Gasteiger partial charge in [-0.05, 0) is 42.5 Å². The molecule has 0 atom stereocenters. The van der Waals surface area contributed by atoms with E-state index in [1.165, 1.54) is 0 Å². The Kier molecular flexibility index (Phi) is 2.62. The zero-order valence-corrected chi connectivity index (χ0v) is 12.1. The first kappa shape index (κ1) is 12.2. The first-order valence-electron chi connectivity index (χ1n) is 6.49. The molecule has 1 N–H and O–H groups in total. The Morgan fingerprint density at radius 2 is 1.95 bits per heavy atom. The predicted octanol–water partition coefficient (Wildman–Crippen LogP) is 3.93. The van der Waals surface area contributed by atoms with E-state index in [1.54, 1.807) is 30.6 Å². The van der Waals surface area contributed by atoms with Crippen LogP contribution in [0.5, 0.6) is 11.5 Å². The molecular formula is C16H12N2O2S. The number of phenolic OH excluding ortho intramolecular Hbond substituents is 1. The van der Waals surface area contributed by atoms with Crippen molar-refractivity contribution in [2.75, 3.05) is 7.11 Å². The number of ether oxygens (including phenoxy) is 1. The number of imidazole rings is 1. The van der Waals surface area contributed by atoms with Crippen LogP contribution in [0.2, 0.25) is 0 Å². The highest BCUT2D eigenvalue weighted by Gasteiger charge is 2.10. The number of benzene rings is 2. The summed E-state index contributed by atoms with van der Waals surface area (Å²) in [6.07, 6.45) is 2.02. The first-order chi connectivity index (χ1) is 10.2. The molecule has 0 saturated heterocycles. The Balaban J connectivity index is 1.88. The molecule has 0 saturated carbocycles. The Morgan fingerprint density at radius 1 is 1.14 bits per heavy atom. The highest BCUT2D eigenvalue weighted by atomic mass is 32.1. The van der Waals surface area contributed by atoms with Crippen LogP contribution in [0, 0.1) is 0 Å².